The van der Waals surface area contributed by atoms with Gasteiger partial charge in [0.2, 0.25) is 5.91 Å². The molecule has 0 aromatic heterocycles. The molecule has 19 heavy (non-hydrogen) atoms. The minimum atomic E-state index is -2.62. The third-order valence-electron chi connectivity index (χ3n) is 3.04. The van der Waals surface area contributed by atoms with E-state index in [1.165, 1.54) is 0 Å². The Kier molecular flexibility index (Phi) is 11.1. The standard InChI is InChI=1S/C12H28N2O4Si/c1-16-19(17-2,18-3)11-8-12(15)14-10-7-5-4-6-9-13/h4-11,13H2,1-3H3,(H,14,15). The van der Waals surface area contributed by atoms with Crippen molar-refractivity contribution in [2.24, 2.45) is 5.73 Å². The second kappa shape index (κ2) is 11.4. The molecule has 6 nitrogen and oxygen atoms in total. The zero-order chi connectivity index (χ0) is 14.6. The molecule has 0 aliphatic carbocycles. The van der Waals surface area contributed by atoms with Crippen LogP contribution in [-0.4, -0.2) is 49.1 Å². The van der Waals surface area contributed by atoms with Crippen LogP contribution in [0.1, 0.15) is 32.1 Å². The van der Waals surface area contributed by atoms with Gasteiger partial charge >= 0.3 is 8.80 Å². The van der Waals surface area contributed by atoms with Gasteiger partial charge in [-0.2, -0.15) is 0 Å². The van der Waals surface area contributed by atoms with Crippen molar-refractivity contribution in [1.29, 1.82) is 0 Å². The molecule has 0 aliphatic rings. The van der Waals surface area contributed by atoms with Gasteiger partial charge in [-0.1, -0.05) is 12.8 Å². The van der Waals surface area contributed by atoms with Crippen LogP contribution in [0.4, 0.5) is 0 Å². The van der Waals surface area contributed by atoms with Gasteiger partial charge in [0.05, 0.1) is 0 Å². The van der Waals surface area contributed by atoms with E-state index < -0.39 is 8.80 Å². The first-order valence-corrected chi connectivity index (χ1v) is 8.69. The number of nitrogens with one attached hydrogen (secondary N) is 1. The Morgan fingerprint density at radius 3 is 2.16 bits per heavy atom. The fraction of sp³-hybridized carbons (Fsp3) is 0.917. The first kappa shape index (κ1) is 18.5. The third-order valence-corrected chi connectivity index (χ3v) is 5.77. The van der Waals surface area contributed by atoms with Gasteiger partial charge in [-0.25, -0.2) is 0 Å². The topological polar surface area (TPSA) is 82.8 Å². The van der Waals surface area contributed by atoms with E-state index in [0.717, 1.165) is 32.2 Å². The average Bonchev–Trinajstić information content (AvgIpc) is 2.45. The lowest BCUT2D eigenvalue weighted by Crippen LogP contribution is -2.43. The van der Waals surface area contributed by atoms with Crippen LogP contribution >= 0.6 is 0 Å². The van der Waals surface area contributed by atoms with E-state index in [2.05, 4.69) is 5.32 Å². The molecule has 0 spiro atoms. The fourth-order valence-corrected chi connectivity index (χ4v) is 3.41. The van der Waals surface area contributed by atoms with Gasteiger partial charge in [0.25, 0.3) is 0 Å². The van der Waals surface area contributed by atoms with Crippen molar-refractivity contribution in [2.45, 2.75) is 38.1 Å². The summed E-state index contributed by atoms with van der Waals surface area (Å²) in [6.45, 7) is 1.45. The maximum absolute atomic E-state index is 11.7. The predicted octanol–water partition coefficient (Wildman–Crippen LogP) is 0.890. The molecule has 0 saturated carbocycles. The third kappa shape index (κ3) is 8.33. The molecule has 3 N–H and O–H groups in total. The Labute approximate surface area is 117 Å². The van der Waals surface area contributed by atoms with Crippen LogP contribution in [0, 0.1) is 0 Å². The summed E-state index contributed by atoms with van der Waals surface area (Å²) >= 11 is 0. The largest absolute Gasteiger partial charge is 0.500 e. The van der Waals surface area contributed by atoms with Gasteiger partial charge < -0.3 is 24.3 Å². The van der Waals surface area contributed by atoms with Gasteiger partial charge in [0.15, 0.2) is 0 Å². The van der Waals surface area contributed by atoms with Crippen molar-refractivity contribution in [2.75, 3.05) is 34.4 Å². The number of unbranched alkanes of at least 4 members (excludes halogenated alkanes) is 3. The molecule has 0 atom stereocenters. The second-order valence-electron chi connectivity index (χ2n) is 4.35. The summed E-state index contributed by atoms with van der Waals surface area (Å²) in [5, 5.41) is 2.89. The van der Waals surface area contributed by atoms with Crippen molar-refractivity contribution in [3.63, 3.8) is 0 Å². The van der Waals surface area contributed by atoms with Gasteiger partial charge in [0, 0.05) is 40.3 Å². The Bertz CT molecular complexity index is 230. The van der Waals surface area contributed by atoms with E-state index in [0.29, 0.717) is 19.0 Å². The highest BCUT2D eigenvalue weighted by Crippen LogP contribution is 2.14. The van der Waals surface area contributed by atoms with Crippen molar-refractivity contribution >= 4 is 14.7 Å². The molecular weight excluding hydrogens is 264 g/mol. The lowest BCUT2D eigenvalue weighted by atomic mass is 10.2. The lowest BCUT2D eigenvalue weighted by Gasteiger charge is -2.23. The smallest absolute Gasteiger partial charge is 0.377 e. The minimum absolute atomic E-state index is 0.0156. The highest BCUT2D eigenvalue weighted by Gasteiger charge is 2.37. The van der Waals surface area contributed by atoms with Gasteiger partial charge in [-0.05, 0) is 19.4 Å². The number of hydrogen-bond acceptors (Lipinski definition) is 5. The average molecular weight is 292 g/mol. The van der Waals surface area contributed by atoms with Crippen LogP contribution in [0.3, 0.4) is 0 Å². The quantitative estimate of drug-likeness (QED) is 0.412. The molecule has 1 amide bonds. The minimum Gasteiger partial charge on any atom is -0.377 e. The maximum atomic E-state index is 11.7. The molecule has 0 fully saturated rings. The summed E-state index contributed by atoms with van der Waals surface area (Å²) in [4.78, 5) is 11.7. The van der Waals surface area contributed by atoms with Crippen molar-refractivity contribution in [3.05, 3.63) is 0 Å². The van der Waals surface area contributed by atoms with Gasteiger partial charge in [0.1, 0.15) is 0 Å². The van der Waals surface area contributed by atoms with E-state index in [1.807, 2.05) is 0 Å². The highest BCUT2D eigenvalue weighted by molar-refractivity contribution is 6.60. The van der Waals surface area contributed by atoms with E-state index in [-0.39, 0.29) is 5.91 Å². The van der Waals surface area contributed by atoms with Crippen LogP contribution in [0.5, 0.6) is 0 Å². The zero-order valence-electron chi connectivity index (χ0n) is 12.4. The second-order valence-corrected chi connectivity index (χ2v) is 7.44. The Morgan fingerprint density at radius 2 is 1.63 bits per heavy atom. The first-order chi connectivity index (χ1) is 9.14. The van der Waals surface area contributed by atoms with Crippen molar-refractivity contribution < 1.29 is 18.1 Å². The van der Waals surface area contributed by atoms with E-state index >= 15 is 0 Å². The maximum Gasteiger partial charge on any atom is 0.500 e. The number of carbonyl (C=O) groups is 1. The molecular formula is C12H28N2O4Si. The summed E-state index contributed by atoms with van der Waals surface area (Å²) < 4.78 is 15.8. The predicted molar refractivity (Wildman–Crippen MR) is 76.7 cm³/mol. The number of carbonyl (C=O) groups excluding carboxylic acids is 1. The molecule has 0 heterocycles. The van der Waals surface area contributed by atoms with Gasteiger partial charge in [-0.15, -0.1) is 0 Å². The first-order valence-electron chi connectivity index (χ1n) is 6.76. The molecule has 0 radical (unpaired) electrons. The van der Waals surface area contributed by atoms with Crippen LogP contribution in [0.2, 0.25) is 6.04 Å². The normalized spacial score (nSPS) is 11.6. The lowest BCUT2D eigenvalue weighted by molar-refractivity contribution is -0.121. The SMILES string of the molecule is CO[Si](CCC(=O)NCCCCCCN)(OC)OC. The Balaban J connectivity index is 3.69. The summed E-state index contributed by atoms with van der Waals surface area (Å²) in [6, 6.07) is 0.496. The van der Waals surface area contributed by atoms with E-state index in [1.54, 1.807) is 21.3 Å². The molecule has 0 aromatic carbocycles. The molecule has 7 heteroatoms. The van der Waals surface area contributed by atoms with Crippen LogP contribution in [0.25, 0.3) is 0 Å². The fourth-order valence-electron chi connectivity index (χ4n) is 1.76. The molecule has 0 rings (SSSR count). The van der Waals surface area contributed by atoms with Crippen molar-refractivity contribution in [1.82, 2.24) is 5.32 Å². The zero-order valence-corrected chi connectivity index (χ0v) is 13.4. The van der Waals surface area contributed by atoms with Crippen LogP contribution in [-0.2, 0) is 18.1 Å². The molecule has 0 saturated heterocycles. The summed E-state index contributed by atoms with van der Waals surface area (Å²) in [6.07, 6.45) is 4.64. The summed E-state index contributed by atoms with van der Waals surface area (Å²) in [5.41, 5.74) is 5.41. The van der Waals surface area contributed by atoms with Crippen molar-refractivity contribution in [3.8, 4) is 0 Å². The number of rotatable bonds is 12. The highest BCUT2D eigenvalue weighted by atomic mass is 28.4. The Hall–Kier alpha value is -0.473. The molecule has 0 bridgehead atoms. The molecule has 114 valence electrons. The number of amides is 1. The van der Waals surface area contributed by atoms with Gasteiger partial charge in [-0.3, -0.25) is 4.79 Å². The summed E-state index contributed by atoms with van der Waals surface area (Å²) in [5.74, 6) is 0.0156. The van der Waals surface area contributed by atoms with E-state index in [9.17, 15) is 4.79 Å². The Morgan fingerprint density at radius 1 is 1.05 bits per heavy atom. The summed E-state index contributed by atoms with van der Waals surface area (Å²) in [7, 11) is 2.03. The van der Waals surface area contributed by atoms with Crippen LogP contribution < -0.4 is 11.1 Å². The van der Waals surface area contributed by atoms with E-state index in [4.69, 9.17) is 19.0 Å². The molecule has 0 aromatic rings. The molecule has 0 unspecified atom stereocenters. The monoisotopic (exact) mass is 292 g/mol. The molecule has 0 aliphatic heterocycles. The number of nitrogens with two attached hydrogens (primary N) is 1. The number of hydrogen-bond donors (Lipinski definition) is 2. The van der Waals surface area contributed by atoms with Crippen LogP contribution in [0.15, 0.2) is 0 Å².